The minimum atomic E-state index is -4.17. The summed E-state index contributed by atoms with van der Waals surface area (Å²) in [6, 6.07) is 0.000211. The lowest BCUT2D eigenvalue weighted by atomic mass is 10.3. The lowest BCUT2D eigenvalue weighted by Crippen LogP contribution is -2.11. The Hall–Kier alpha value is -1.73. The first kappa shape index (κ1) is 14.3. The fraction of sp³-hybridized carbons (Fsp3) is 0.600. The average molecular weight is 266 g/mol. The molecule has 8 heteroatoms. The standard InChI is InChI=1S/C10H13F3N2O3/c1-2-17-8(16)7-6-18-9(15-7)14-5-3-4-10(11,12)13/h6H,2-5H2,1H3,(H,14,15). The Morgan fingerprint density at radius 2 is 2.28 bits per heavy atom. The highest BCUT2D eigenvalue weighted by molar-refractivity contribution is 5.87. The number of esters is 1. The Bertz CT molecular complexity index is 390. The molecule has 0 saturated carbocycles. The van der Waals surface area contributed by atoms with Gasteiger partial charge in [-0.05, 0) is 13.3 Å². The van der Waals surface area contributed by atoms with Crippen molar-refractivity contribution in [2.75, 3.05) is 18.5 Å². The zero-order chi connectivity index (χ0) is 13.6. The molecule has 18 heavy (non-hydrogen) atoms. The van der Waals surface area contributed by atoms with E-state index in [1.54, 1.807) is 6.92 Å². The van der Waals surface area contributed by atoms with Crippen LogP contribution < -0.4 is 5.32 Å². The van der Waals surface area contributed by atoms with Crippen molar-refractivity contribution >= 4 is 12.0 Å². The van der Waals surface area contributed by atoms with Crippen molar-refractivity contribution in [3.05, 3.63) is 12.0 Å². The number of oxazole rings is 1. The minimum absolute atomic E-state index is 0.000211. The SMILES string of the molecule is CCOC(=O)c1coc(NCCCC(F)(F)F)n1. The predicted octanol–water partition coefficient (Wildman–Crippen LogP) is 2.61. The molecule has 0 aliphatic carbocycles. The topological polar surface area (TPSA) is 64.4 Å². The van der Waals surface area contributed by atoms with Crippen molar-refractivity contribution < 1.29 is 27.1 Å². The largest absolute Gasteiger partial charge is 0.461 e. The molecule has 0 aliphatic rings. The minimum Gasteiger partial charge on any atom is -0.461 e. The van der Waals surface area contributed by atoms with Gasteiger partial charge in [0.05, 0.1) is 6.61 Å². The van der Waals surface area contributed by atoms with Gasteiger partial charge in [-0.25, -0.2) is 4.79 Å². The molecule has 102 valence electrons. The van der Waals surface area contributed by atoms with Gasteiger partial charge in [0, 0.05) is 13.0 Å². The maximum Gasteiger partial charge on any atom is 0.389 e. The van der Waals surface area contributed by atoms with Gasteiger partial charge in [0.25, 0.3) is 6.01 Å². The zero-order valence-electron chi connectivity index (χ0n) is 9.71. The number of anilines is 1. The van der Waals surface area contributed by atoms with Gasteiger partial charge in [-0.3, -0.25) is 0 Å². The predicted molar refractivity (Wildman–Crippen MR) is 56.2 cm³/mol. The molecule has 0 spiro atoms. The number of ether oxygens (including phenoxy) is 1. The summed E-state index contributed by atoms with van der Waals surface area (Å²) in [4.78, 5) is 14.9. The van der Waals surface area contributed by atoms with E-state index < -0.39 is 18.6 Å². The van der Waals surface area contributed by atoms with E-state index in [4.69, 9.17) is 4.42 Å². The Labute approximate surface area is 101 Å². The van der Waals surface area contributed by atoms with Gasteiger partial charge in [-0.15, -0.1) is 0 Å². The molecule has 0 fully saturated rings. The summed E-state index contributed by atoms with van der Waals surface area (Å²) in [5.74, 6) is -0.635. The van der Waals surface area contributed by atoms with Crippen LogP contribution in [-0.4, -0.2) is 30.3 Å². The first-order valence-corrected chi connectivity index (χ1v) is 5.35. The van der Waals surface area contributed by atoms with E-state index in [1.807, 2.05) is 0 Å². The number of hydrogen-bond donors (Lipinski definition) is 1. The quantitative estimate of drug-likeness (QED) is 0.633. The molecule has 0 aliphatic heterocycles. The number of alkyl halides is 3. The highest BCUT2D eigenvalue weighted by Gasteiger charge is 2.26. The van der Waals surface area contributed by atoms with Crippen LogP contribution in [0.4, 0.5) is 19.2 Å². The number of halogens is 3. The van der Waals surface area contributed by atoms with E-state index in [2.05, 4.69) is 15.0 Å². The third-order valence-corrected chi connectivity index (χ3v) is 1.90. The molecule has 0 saturated heterocycles. The molecule has 0 bridgehead atoms. The average Bonchev–Trinajstić information content (AvgIpc) is 2.72. The van der Waals surface area contributed by atoms with Crippen LogP contribution in [0.3, 0.4) is 0 Å². The van der Waals surface area contributed by atoms with Crippen LogP contribution >= 0.6 is 0 Å². The van der Waals surface area contributed by atoms with Crippen molar-refractivity contribution in [1.82, 2.24) is 4.98 Å². The van der Waals surface area contributed by atoms with Crippen LogP contribution in [0.5, 0.6) is 0 Å². The molecule has 1 aromatic heterocycles. The lowest BCUT2D eigenvalue weighted by Gasteiger charge is -2.05. The Morgan fingerprint density at radius 3 is 2.89 bits per heavy atom. The molecule has 1 rings (SSSR count). The third kappa shape index (κ3) is 5.07. The molecule has 1 heterocycles. The summed E-state index contributed by atoms with van der Waals surface area (Å²) in [6.45, 7) is 1.91. The smallest absolute Gasteiger partial charge is 0.389 e. The first-order valence-electron chi connectivity index (χ1n) is 5.35. The third-order valence-electron chi connectivity index (χ3n) is 1.90. The number of rotatable bonds is 6. The number of carbonyl (C=O) groups excluding carboxylic acids is 1. The fourth-order valence-electron chi connectivity index (χ4n) is 1.14. The van der Waals surface area contributed by atoms with Crippen LogP contribution in [0.25, 0.3) is 0 Å². The van der Waals surface area contributed by atoms with Crippen molar-refractivity contribution in [2.45, 2.75) is 25.9 Å². The zero-order valence-corrected chi connectivity index (χ0v) is 9.71. The van der Waals surface area contributed by atoms with Crippen molar-refractivity contribution in [3.63, 3.8) is 0 Å². The van der Waals surface area contributed by atoms with Gasteiger partial charge in [0.15, 0.2) is 5.69 Å². The normalized spacial score (nSPS) is 11.3. The van der Waals surface area contributed by atoms with Gasteiger partial charge in [0.1, 0.15) is 6.26 Å². The highest BCUT2D eigenvalue weighted by Crippen LogP contribution is 2.21. The molecular formula is C10H13F3N2O3. The summed E-state index contributed by atoms with van der Waals surface area (Å²) in [6.07, 6.45) is -4.06. The van der Waals surface area contributed by atoms with Gasteiger partial charge < -0.3 is 14.5 Å². The maximum atomic E-state index is 11.8. The van der Waals surface area contributed by atoms with Crippen LogP contribution in [0.2, 0.25) is 0 Å². The Kier molecular flexibility index (Phi) is 4.99. The second-order valence-corrected chi connectivity index (χ2v) is 3.40. The van der Waals surface area contributed by atoms with E-state index in [9.17, 15) is 18.0 Å². The molecule has 0 atom stereocenters. The number of hydrogen-bond acceptors (Lipinski definition) is 5. The molecular weight excluding hydrogens is 253 g/mol. The van der Waals surface area contributed by atoms with E-state index in [1.165, 1.54) is 0 Å². The van der Waals surface area contributed by atoms with E-state index in [0.717, 1.165) is 6.26 Å². The molecule has 0 aromatic carbocycles. The van der Waals surface area contributed by atoms with Gasteiger partial charge >= 0.3 is 12.1 Å². The number of carbonyl (C=O) groups is 1. The molecule has 1 aromatic rings. The van der Waals surface area contributed by atoms with Crippen LogP contribution in [0, 0.1) is 0 Å². The van der Waals surface area contributed by atoms with Gasteiger partial charge in [-0.1, -0.05) is 0 Å². The number of aromatic nitrogens is 1. The summed E-state index contributed by atoms with van der Waals surface area (Å²) in [5.41, 5.74) is -0.0184. The van der Waals surface area contributed by atoms with E-state index in [0.29, 0.717) is 0 Å². The van der Waals surface area contributed by atoms with E-state index in [-0.39, 0.29) is 31.3 Å². The molecule has 0 amide bonds. The molecule has 5 nitrogen and oxygen atoms in total. The maximum absolute atomic E-state index is 11.8. The molecule has 0 radical (unpaired) electrons. The van der Waals surface area contributed by atoms with Gasteiger partial charge in [-0.2, -0.15) is 18.2 Å². The summed E-state index contributed by atoms with van der Waals surface area (Å²) in [5, 5.41) is 2.55. The van der Waals surface area contributed by atoms with Crippen molar-refractivity contribution in [3.8, 4) is 0 Å². The molecule has 0 unspecified atom stereocenters. The fourth-order valence-corrected chi connectivity index (χ4v) is 1.14. The summed E-state index contributed by atoms with van der Waals surface area (Å²) in [7, 11) is 0. The highest BCUT2D eigenvalue weighted by atomic mass is 19.4. The lowest BCUT2D eigenvalue weighted by molar-refractivity contribution is -0.134. The second kappa shape index (κ2) is 6.27. The van der Waals surface area contributed by atoms with E-state index >= 15 is 0 Å². The van der Waals surface area contributed by atoms with Crippen LogP contribution in [0.15, 0.2) is 10.7 Å². The number of nitrogens with zero attached hydrogens (tertiary/aromatic N) is 1. The molecule has 1 N–H and O–H groups in total. The summed E-state index contributed by atoms with van der Waals surface area (Å²) < 4.78 is 45.1. The summed E-state index contributed by atoms with van der Waals surface area (Å²) >= 11 is 0. The first-order chi connectivity index (χ1) is 8.42. The number of nitrogens with one attached hydrogen (secondary N) is 1. The Balaban J connectivity index is 2.33. The monoisotopic (exact) mass is 266 g/mol. The second-order valence-electron chi connectivity index (χ2n) is 3.40. The van der Waals surface area contributed by atoms with Crippen molar-refractivity contribution in [2.24, 2.45) is 0 Å². The van der Waals surface area contributed by atoms with Crippen LogP contribution in [0.1, 0.15) is 30.3 Å². The van der Waals surface area contributed by atoms with Gasteiger partial charge in [0.2, 0.25) is 0 Å². The van der Waals surface area contributed by atoms with Crippen LogP contribution in [-0.2, 0) is 4.74 Å². The Morgan fingerprint density at radius 1 is 1.56 bits per heavy atom. The van der Waals surface area contributed by atoms with Crippen molar-refractivity contribution in [1.29, 1.82) is 0 Å².